The molecule has 5 rings (SSSR count). The fourth-order valence-corrected chi connectivity index (χ4v) is 3.99. The molecule has 3 aliphatic rings. The van der Waals surface area contributed by atoms with Gasteiger partial charge in [0.15, 0.2) is 11.5 Å². The molecule has 0 radical (unpaired) electrons. The van der Waals surface area contributed by atoms with Crippen molar-refractivity contribution in [2.75, 3.05) is 6.79 Å². The molecule has 1 saturated heterocycles. The topological polar surface area (TPSA) is 80.3 Å². The maximum absolute atomic E-state index is 12.5. The van der Waals surface area contributed by atoms with Gasteiger partial charge in [0.05, 0.1) is 0 Å². The lowest BCUT2D eigenvalue weighted by Crippen LogP contribution is -2.47. The fourth-order valence-electron chi connectivity index (χ4n) is 3.99. The predicted molar refractivity (Wildman–Crippen MR) is 109 cm³/mol. The largest absolute Gasteiger partial charge is 0.489 e. The molecule has 7 nitrogen and oxygen atoms in total. The first-order valence-corrected chi connectivity index (χ1v) is 10.4. The number of benzene rings is 2. The number of carbonyl (C=O) groups excluding carboxylic acids is 2. The molecule has 0 atom stereocenters. The monoisotopic (exact) mass is 422 g/mol. The normalized spacial score (nSPS) is 19.0. The molecular formula is C24H22O7. The van der Waals surface area contributed by atoms with Crippen molar-refractivity contribution in [2.45, 2.75) is 44.5 Å². The maximum Gasteiger partial charge on any atom is 0.348 e. The summed E-state index contributed by atoms with van der Waals surface area (Å²) < 4.78 is 27.5. The molecule has 2 aromatic rings. The van der Waals surface area contributed by atoms with Gasteiger partial charge in [-0.2, -0.15) is 0 Å². The van der Waals surface area contributed by atoms with Gasteiger partial charge >= 0.3 is 11.9 Å². The summed E-state index contributed by atoms with van der Waals surface area (Å²) in [5.41, 5.74) is 1.55. The third-order valence-electron chi connectivity index (χ3n) is 5.65. The van der Waals surface area contributed by atoms with Crippen LogP contribution in [0.2, 0.25) is 0 Å². The van der Waals surface area contributed by atoms with Crippen molar-refractivity contribution in [1.82, 2.24) is 0 Å². The van der Waals surface area contributed by atoms with Gasteiger partial charge in [0, 0.05) is 12.8 Å². The standard InChI is InChI=1S/C24H22O7/c25-22-19(23(26)31-24(30-22)10-2-1-3-11-24)12-16-4-7-18(8-5-16)27-14-17-6-9-20-21(13-17)29-15-28-20/h4-9,12-13H,1-3,10-11,14-15H2. The van der Waals surface area contributed by atoms with Gasteiger partial charge in [-0.15, -0.1) is 0 Å². The van der Waals surface area contributed by atoms with E-state index in [-0.39, 0.29) is 12.4 Å². The van der Waals surface area contributed by atoms with E-state index in [1.807, 2.05) is 18.2 Å². The van der Waals surface area contributed by atoms with Gasteiger partial charge in [-0.25, -0.2) is 9.59 Å². The number of hydrogen-bond acceptors (Lipinski definition) is 7. The van der Waals surface area contributed by atoms with Crippen LogP contribution in [0.25, 0.3) is 6.08 Å². The first kappa shape index (κ1) is 19.5. The summed E-state index contributed by atoms with van der Waals surface area (Å²) in [5, 5.41) is 0. The van der Waals surface area contributed by atoms with Crippen molar-refractivity contribution in [2.24, 2.45) is 0 Å². The molecular weight excluding hydrogens is 400 g/mol. The highest BCUT2D eigenvalue weighted by Crippen LogP contribution is 2.37. The summed E-state index contributed by atoms with van der Waals surface area (Å²) in [6, 6.07) is 12.8. The highest BCUT2D eigenvalue weighted by atomic mass is 16.7. The Bertz CT molecular complexity index is 1010. The van der Waals surface area contributed by atoms with Crippen LogP contribution in [-0.2, 0) is 25.7 Å². The molecule has 31 heavy (non-hydrogen) atoms. The number of fused-ring (bicyclic) bond motifs is 1. The molecule has 2 heterocycles. The smallest absolute Gasteiger partial charge is 0.348 e. The van der Waals surface area contributed by atoms with E-state index in [9.17, 15) is 9.59 Å². The van der Waals surface area contributed by atoms with E-state index in [1.54, 1.807) is 24.3 Å². The van der Waals surface area contributed by atoms with Crippen LogP contribution in [0, 0.1) is 0 Å². The zero-order valence-corrected chi connectivity index (χ0v) is 16.9. The van der Waals surface area contributed by atoms with E-state index in [4.69, 9.17) is 23.7 Å². The van der Waals surface area contributed by atoms with Gasteiger partial charge in [0.25, 0.3) is 5.79 Å². The van der Waals surface area contributed by atoms with E-state index in [0.29, 0.717) is 36.5 Å². The molecule has 0 bridgehead atoms. The lowest BCUT2D eigenvalue weighted by Gasteiger charge is -2.38. The Labute approximate surface area is 179 Å². The second-order valence-corrected chi connectivity index (χ2v) is 7.85. The quantitative estimate of drug-likeness (QED) is 0.416. The van der Waals surface area contributed by atoms with Gasteiger partial charge in [-0.3, -0.25) is 0 Å². The maximum atomic E-state index is 12.5. The Morgan fingerprint density at radius 3 is 2.32 bits per heavy atom. The molecule has 2 aliphatic heterocycles. The number of hydrogen-bond donors (Lipinski definition) is 0. The van der Waals surface area contributed by atoms with E-state index >= 15 is 0 Å². The molecule has 160 valence electrons. The molecule has 0 amide bonds. The molecule has 0 aromatic heterocycles. The zero-order chi connectivity index (χ0) is 21.3. The van der Waals surface area contributed by atoms with Crippen molar-refractivity contribution in [1.29, 1.82) is 0 Å². The van der Waals surface area contributed by atoms with Gasteiger partial charge in [0.2, 0.25) is 6.79 Å². The van der Waals surface area contributed by atoms with E-state index in [1.165, 1.54) is 6.08 Å². The Morgan fingerprint density at radius 1 is 0.871 bits per heavy atom. The van der Waals surface area contributed by atoms with Crippen molar-refractivity contribution >= 4 is 18.0 Å². The average Bonchev–Trinajstić information content (AvgIpc) is 3.24. The molecule has 0 unspecified atom stereocenters. The predicted octanol–water partition coefficient (Wildman–Crippen LogP) is 4.14. The van der Waals surface area contributed by atoms with Crippen LogP contribution in [0.4, 0.5) is 0 Å². The number of carbonyl (C=O) groups is 2. The SMILES string of the molecule is O=C1OC2(CCCCC2)OC(=O)C1=Cc1ccc(OCc2ccc3c(c2)OCO3)cc1. The van der Waals surface area contributed by atoms with Crippen LogP contribution in [0.15, 0.2) is 48.0 Å². The van der Waals surface area contributed by atoms with Crippen LogP contribution < -0.4 is 14.2 Å². The Kier molecular flexibility index (Phi) is 5.02. The second-order valence-electron chi connectivity index (χ2n) is 7.85. The highest BCUT2D eigenvalue weighted by molar-refractivity contribution is 6.18. The summed E-state index contributed by atoms with van der Waals surface area (Å²) in [6.45, 7) is 0.608. The van der Waals surface area contributed by atoms with E-state index in [0.717, 1.165) is 30.6 Å². The third kappa shape index (κ3) is 4.08. The van der Waals surface area contributed by atoms with Gasteiger partial charge < -0.3 is 23.7 Å². The Morgan fingerprint density at radius 2 is 1.58 bits per heavy atom. The first-order valence-electron chi connectivity index (χ1n) is 10.4. The van der Waals surface area contributed by atoms with Crippen molar-refractivity contribution in [3.05, 3.63) is 59.2 Å². The second kappa shape index (κ2) is 7.98. The van der Waals surface area contributed by atoms with Crippen molar-refractivity contribution < 1.29 is 33.3 Å². The lowest BCUT2D eigenvalue weighted by molar-refractivity contribution is -0.244. The van der Waals surface area contributed by atoms with Crippen LogP contribution in [0.1, 0.15) is 43.2 Å². The molecule has 0 N–H and O–H groups in total. The van der Waals surface area contributed by atoms with Gasteiger partial charge in [-0.05, 0) is 54.3 Å². The first-order chi connectivity index (χ1) is 15.1. The van der Waals surface area contributed by atoms with Gasteiger partial charge in [-0.1, -0.05) is 24.6 Å². The molecule has 2 aromatic carbocycles. The van der Waals surface area contributed by atoms with Crippen molar-refractivity contribution in [3.8, 4) is 17.2 Å². The minimum absolute atomic E-state index is 0.0924. The van der Waals surface area contributed by atoms with E-state index in [2.05, 4.69) is 0 Å². The van der Waals surface area contributed by atoms with Gasteiger partial charge in [0.1, 0.15) is 17.9 Å². The third-order valence-corrected chi connectivity index (χ3v) is 5.65. The van der Waals surface area contributed by atoms with Crippen LogP contribution in [-0.4, -0.2) is 24.5 Å². The van der Waals surface area contributed by atoms with Crippen LogP contribution >= 0.6 is 0 Å². The molecule has 1 aliphatic carbocycles. The highest BCUT2D eigenvalue weighted by Gasteiger charge is 2.46. The number of rotatable bonds is 4. The average molecular weight is 422 g/mol. The van der Waals surface area contributed by atoms with E-state index < -0.39 is 17.7 Å². The van der Waals surface area contributed by atoms with Crippen LogP contribution in [0.5, 0.6) is 17.2 Å². The summed E-state index contributed by atoms with van der Waals surface area (Å²) in [5.74, 6) is -0.215. The Hall–Kier alpha value is -3.48. The summed E-state index contributed by atoms with van der Waals surface area (Å²) in [7, 11) is 0. The molecule has 1 spiro atoms. The molecule has 1 saturated carbocycles. The zero-order valence-electron chi connectivity index (χ0n) is 16.9. The summed E-state index contributed by atoms with van der Waals surface area (Å²) in [6.07, 6.45) is 5.44. The van der Waals surface area contributed by atoms with Crippen molar-refractivity contribution in [3.63, 3.8) is 0 Å². The summed E-state index contributed by atoms with van der Waals surface area (Å²) >= 11 is 0. The number of ether oxygens (including phenoxy) is 5. The minimum Gasteiger partial charge on any atom is -0.489 e. The lowest BCUT2D eigenvalue weighted by atomic mass is 9.93. The molecule has 7 heteroatoms. The summed E-state index contributed by atoms with van der Waals surface area (Å²) in [4.78, 5) is 24.9. The fraction of sp³-hybridized carbons (Fsp3) is 0.333. The molecule has 2 fully saturated rings. The Balaban J connectivity index is 1.23. The number of esters is 2. The minimum atomic E-state index is -1.07. The van der Waals surface area contributed by atoms with Crippen LogP contribution in [0.3, 0.4) is 0 Å².